The molecule has 7 heteroatoms. The van der Waals surface area contributed by atoms with Crippen LogP contribution in [0.2, 0.25) is 0 Å². The molecular formula is C8H10N2O4S. The van der Waals surface area contributed by atoms with Crippen molar-refractivity contribution in [2.24, 2.45) is 0 Å². The van der Waals surface area contributed by atoms with E-state index in [4.69, 9.17) is 5.11 Å². The Morgan fingerprint density at radius 1 is 1.53 bits per heavy atom. The minimum atomic E-state index is -1.15. The molecule has 0 aliphatic rings. The van der Waals surface area contributed by atoms with Crippen LogP contribution in [0.3, 0.4) is 0 Å². The van der Waals surface area contributed by atoms with Crippen LogP contribution in [0.5, 0.6) is 0 Å². The molecule has 0 aromatic carbocycles. The van der Waals surface area contributed by atoms with E-state index in [9.17, 15) is 9.59 Å². The van der Waals surface area contributed by atoms with Crippen molar-refractivity contribution in [3.05, 3.63) is 15.6 Å². The van der Waals surface area contributed by atoms with E-state index < -0.39 is 18.5 Å². The predicted molar refractivity (Wildman–Crippen MR) is 52.6 cm³/mol. The number of aryl methyl sites for hydroxylation is 2. The van der Waals surface area contributed by atoms with Gasteiger partial charge in [-0.05, 0) is 13.8 Å². The summed E-state index contributed by atoms with van der Waals surface area (Å²) in [4.78, 5) is 30.4. The lowest BCUT2D eigenvalue weighted by Gasteiger charge is -2.01. The van der Waals surface area contributed by atoms with Crippen LogP contribution in [0.1, 0.15) is 20.4 Å². The maximum atomic E-state index is 11.4. The van der Waals surface area contributed by atoms with Crippen molar-refractivity contribution in [3.8, 4) is 0 Å². The van der Waals surface area contributed by atoms with Crippen molar-refractivity contribution < 1.29 is 19.5 Å². The fraction of sp³-hybridized carbons (Fsp3) is 0.375. The highest BCUT2D eigenvalue weighted by Gasteiger charge is 2.13. The van der Waals surface area contributed by atoms with Crippen molar-refractivity contribution in [1.82, 2.24) is 10.5 Å². The first-order chi connectivity index (χ1) is 7.00. The first-order valence-corrected chi connectivity index (χ1v) is 4.90. The number of hydrogen-bond donors (Lipinski definition) is 2. The molecule has 15 heavy (non-hydrogen) atoms. The predicted octanol–water partition coefficient (Wildman–Crippen LogP) is 0.506. The summed E-state index contributed by atoms with van der Waals surface area (Å²) in [5.41, 5.74) is 2.64. The Bertz CT molecular complexity index is 388. The van der Waals surface area contributed by atoms with Gasteiger partial charge in [-0.2, -0.15) is 0 Å². The summed E-state index contributed by atoms with van der Waals surface area (Å²) in [5, 5.41) is 9.04. The topological polar surface area (TPSA) is 88.5 Å². The number of amides is 1. The van der Waals surface area contributed by atoms with Crippen molar-refractivity contribution in [2.75, 3.05) is 6.61 Å². The highest BCUT2D eigenvalue weighted by Crippen LogP contribution is 2.16. The van der Waals surface area contributed by atoms with E-state index in [-0.39, 0.29) is 0 Å². The third-order valence-corrected chi connectivity index (χ3v) is 2.54. The normalized spacial score (nSPS) is 10.0. The Hall–Kier alpha value is -1.47. The molecule has 0 fully saturated rings. The summed E-state index contributed by atoms with van der Waals surface area (Å²) in [5.74, 6) is -1.62. The molecule has 0 saturated heterocycles. The van der Waals surface area contributed by atoms with Gasteiger partial charge in [-0.3, -0.25) is 9.63 Å². The number of hydroxylamine groups is 1. The number of carbonyl (C=O) groups is 2. The smallest absolute Gasteiger partial charge is 0.332 e. The van der Waals surface area contributed by atoms with Gasteiger partial charge in [0.1, 0.15) is 4.88 Å². The van der Waals surface area contributed by atoms with E-state index in [0.717, 1.165) is 5.01 Å². The van der Waals surface area contributed by atoms with Crippen LogP contribution >= 0.6 is 11.3 Å². The molecule has 0 unspecified atom stereocenters. The number of nitrogens with one attached hydrogen (secondary N) is 1. The fourth-order valence-electron chi connectivity index (χ4n) is 0.952. The summed E-state index contributed by atoms with van der Waals surface area (Å²) in [6, 6.07) is 0. The van der Waals surface area contributed by atoms with Crippen LogP contribution in [-0.2, 0) is 9.63 Å². The average Bonchev–Trinajstić information content (AvgIpc) is 2.44. The van der Waals surface area contributed by atoms with E-state index in [1.807, 2.05) is 5.48 Å². The molecule has 0 atom stereocenters. The largest absolute Gasteiger partial charge is 0.479 e. The van der Waals surface area contributed by atoms with Gasteiger partial charge in [0, 0.05) is 0 Å². The molecule has 0 aliphatic carbocycles. The summed E-state index contributed by atoms with van der Waals surface area (Å²) in [6.07, 6.45) is 0. The van der Waals surface area contributed by atoms with Crippen LogP contribution in [-0.4, -0.2) is 28.6 Å². The minimum absolute atomic E-state index is 0.429. The van der Waals surface area contributed by atoms with Gasteiger partial charge in [0.15, 0.2) is 6.61 Å². The molecule has 0 aliphatic heterocycles. The minimum Gasteiger partial charge on any atom is -0.479 e. The van der Waals surface area contributed by atoms with Crippen LogP contribution in [0.25, 0.3) is 0 Å². The number of aromatic nitrogens is 1. The van der Waals surface area contributed by atoms with Gasteiger partial charge in [-0.1, -0.05) is 0 Å². The van der Waals surface area contributed by atoms with Gasteiger partial charge in [-0.25, -0.2) is 15.3 Å². The Labute approximate surface area is 89.9 Å². The Morgan fingerprint density at radius 3 is 2.67 bits per heavy atom. The Balaban J connectivity index is 2.54. The molecule has 1 heterocycles. The number of rotatable bonds is 4. The second-order valence-corrected chi connectivity index (χ2v) is 3.96. The van der Waals surface area contributed by atoms with E-state index in [1.54, 1.807) is 13.8 Å². The lowest BCUT2D eigenvalue weighted by molar-refractivity contribution is -0.144. The molecular weight excluding hydrogens is 220 g/mol. The first kappa shape index (κ1) is 11.6. The Morgan fingerprint density at radius 2 is 2.20 bits per heavy atom. The van der Waals surface area contributed by atoms with E-state index >= 15 is 0 Å². The number of carboxylic acid groups (broad SMARTS) is 1. The molecule has 0 radical (unpaired) electrons. The lowest BCUT2D eigenvalue weighted by Crippen LogP contribution is -2.26. The van der Waals surface area contributed by atoms with E-state index in [2.05, 4.69) is 9.82 Å². The van der Waals surface area contributed by atoms with Crippen LogP contribution in [0.4, 0.5) is 0 Å². The van der Waals surface area contributed by atoms with Crippen molar-refractivity contribution in [3.63, 3.8) is 0 Å². The summed E-state index contributed by atoms with van der Waals surface area (Å²) in [6.45, 7) is 2.92. The molecule has 0 bridgehead atoms. The number of aliphatic carboxylic acids is 1. The zero-order chi connectivity index (χ0) is 11.4. The molecule has 2 N–H and O–H groups in total. The molecule has 1 aromatic rings. The zero-order valence-corrected chi connectivity index (χ0v) is 9.05. The molecule has 1 rings (SSSR count). The maximum Gasteiger partial charge on any atom is 0.332 e. The highest BCUT2D eigenvalue weighted by atomic mass is 32.1. The van der Waals surface area contributed by atoms with Crippen molar-refractivity contribution in [2.45, 2.75) is 13.8 Å². The van der Waals surface area contributed by atoms with Crippen LogP contribution in [0, 0.1) is 13.8 Å². The van der Waals surface area contributed by atoms with Crippen molar-refractivity contribution >= 4 is 23.2 Å². The third kappa shape index (κ3) is 3.30. The van der Waals surface area contributed by atoms with E-state index in [0.29, 0.717) is 10.6 Å². The SMILES string of the molecule is Cc1nc(C)c(C(=O)NOCC(=O)O)s1. The molecule has 1 amide bonds. The Kier molecular flexibility index (Phi) is 3.75. The second-order valence-electron chi connectivity index (χ2n) is 2.76. The molecule has 82 valence electrons. The number of carboxylic acids is 1. The quantitative estimate of drug-likeness (QED) is 0.735. The van der Waals surface area contributed by atoms with Crippen LogP contribution < -0.4 is 5.48 Å². The van der Waals surface area contributed by atoms with Gasteiger partial charge in [0.05, 0.1) is 10.7 Å². The monoisotopic (exact) mass is 230 g/mol. The molecule has 6 nitrogen and oxygen atoms in total. The van der Waals surface area contributed by atoms with Gasteiger partial charge < -0.3 is 5.11 Å². The molecule has 1 aromatic heterocycles. The molecule has 0 spiro atoms. The summed E-state index contributed by atoms with van der Waals surface area (Å²) < 4.78 is 0. The number of thiazole rings is 1. The summed E-state index contributed by atoms with van der Waals surface area (Å²) in [7, 11) is 0. The van der Waals surface area contributed by atoms with Crippen molar-refractivity contribution in [1.29, 1.82) is 0 Å². The fourth-order valence-corrected chi connectivity index (χ4v) is 1.76. The number of hydrogen-bond acceptors (Lipinski definition) is 5. The molecule has 0 saturated carbocycles. The standard InChI is InChI=1S/C8H10N2O4S/c1-4-7(15-5(2)9-4)8(13)10-14-3-6(11)12/h3H2,1-2H3,(H,10,13)(H,11,12). The zero-order valence-electron chi connectivity index (χ0n) is 8.23. The summed E-state index contributed by atoms with van der Waals surface area (Å²) >= 11 is 1.23. The van der Waals surface area contributed by atoms with Gasteiger partial charge >= 0.3 is 5.97 Å². The van der Waals surface area contributed by atoms with Gasteiger partial charge in [0.2, 0.25) is 0 Å². The highest BCUT2D eigenvalue weighted by molar-refractivity contribution is 7.13. The second kappa shape index (κ2) is 4.85. The number of carbonyl (C=O) groups excluding carboxylic acids is 1. The first-order valence-electron chi connectivity index (χ1n) is 4.08. The van der Waals surface area contributed by atoms with Gasteiger partial charge in [-0.15, -0.1) is 11.3 Å². The third-order valence-electron chi connectivity index (χ3n) is 1.47. The van der Waals surface area contributed by atoms with E-state index in [1.165, 1.54) is 11.3 Å². The average molecular weight is 230 g/mol. The lowest BCUT2D eigenvalue weighted by atomic mass is 10.4. The maximum absolute atomic E-state index is 11.4. The number of nitrogens with zero attached hydrogens (tertiary/aromatic N) is 1. The van der Waals surface area contributed by atoms with Gasteiger partial charge in [0.25, 0.3) is 5.91 Å². The van der Waals surface area contributed by atoms with Crippen LogP contribution in [0.15, 0.2) is 0 Å².